The summed E-state index contributed by atoms with van der Waals surface area (Å²) in [6, 6.07) is 11.1. The first-order chi connectivity index (χ1) is 20.7. The maximum Gasteiger partial charge on any atom is 0.264 e. The Labute approximate surface area is 259 Å². The number of methoxy groups -OCH3 is 2. The highest BCUT2D eigenvalue weighted by molar-refractivity contribution is 7.90. The van der Waals surface area contributed by atoms with Gasteiger partial charge in [-0.2, -0.15) is 0 Å². The van der Waals surface area contributed by atoms with Gasteiger partial charge < -0.3 is 19.1 Å². The van der Waals surface area contributed by atoms with Gasteiger partial charge in [0.1, 0.15) is 5.75 Å². The van der Waals surface area contributed by atoms with Crippen molar-refractivity contribution < 1.29 is 27.4 Å². The number of anilines is 1. The number of rotatable bonds is 3. The summed E-state index contributed by atoms with van der Waals surface area (Å²) in [5.41, 5.74) is 2.99. The first-order valence-electron chi connectivity index (χ1n) is 15.3. The molecule has 0 saturated heterocycles. The van der Waals surface area contributed by atoms with Gasteiger partial charge in [0.15, 0.2) is 0 Å². The molecule has 2 bridgehead atoms. The Bertz CT molecular complexity index is 1500. The van der Waals surface area contributed by atoms with Gasteiger partial charge in [0, 0.05) is 37.7 Å². The van der Waals surface area contributed by atoms with Crippen molar-refractivity contribution in [2.45, 2.75) is 61.4 Å². The van der Waals surface area contributed by atoms with Crippen LogP contribution in [-0.4, -0.2) is 61.0 Å². The van der Waals surface area contributed by atoms with Crippen molar-refractivity contribution in [2.24, 2.45) is 17.8 Å². The number of halogens is 1. The smallest absolute Gasteiger partial charge is 0.264 e. The minimum absolute atomic E-state index is 0.0257. The van der Waals surface area contributed by atoms with Crippen LogP contribution < -0.4 is 14.4 Å². The molecule has 0 aromatic heterocycles. The Balaban J connectivity index is 1.43. The Morgan fingerprint density at radius 3 is 2.77 bits per heavy atom. The zero-order chi connectivity index (χ0) is 30.2. The monoisotopic (exact) mass is 628 g/mol. The third kappa shape index (κ3) is 6.06. The summed E-state index contributed by atoms with van der Waals surface area (Å²) in [6.07, 6.45) is 10.3. The maximum absolute atomic E-state index is 13.6. The second-order valence-corrected chi connectivity index (χ2v) is 14.7. The number of hydrogen-bond acceptors (Lipinski definition) is 7. The van der Waals surface area contributed by atoms with E-state index in [1.165, 1.54) is 24.3 Å². The molecule has 2 aromatic carbocycles. The number of sulfonamides is 1. The molecule has 2 aromatic rings. The van der Waals surface area contributed by atoms with Crippen LogP contribution in [0.15, 0.2) is 53.4 Å². The van der Waals surface area contributed by atoms with Crippen LogP contribution in [-0.2, 0) is 36.1 Å². The van der Waals surface area contributed by atoms with E-state index in [0.717, 1.165) is 49.4 Å². The number of hydrogen-bond donors (Lipinski definition) is 1. The molecule has 8 nitrogen and oxygen atoms in total. The Hall–Kier alpha value is -2.59. The number of nitrogens with zero attached hydrogens (tertiary/aromatic N) is 1. The molecule has 0 radical (unpaired) electrons. The Morgan fingerprint density at radius 2 is 2.00 bits per heavy atom. The van der Waals surface area contributed by atoms with E-state index in [0.29, 0.717) is 43.6 Å². The van der Waals surface area contributed by atoms with E-state index in [-0.39, 0.29) is 23.0 Å². The number of carbonyl (C=O) groups excluding carboxylic acids is 1. The summed E-state index contributed by atoms with van der Waals surface area (Å²) in [4.78, 5) is 15.5. The van der Waals surface area contributed by atoms with Crippen LogP contribution in [0.2, 0.25) is 5.02 Å². The highest BCUT2D eigenvalue weighted by Crippen LogP contribution is 2.47. The zero-order valence-corrected chi connectivity index (χ0v) is 26.5. The number of aryl methyl sites for hydroxylation is 1. The Kier molecular flexibility index (Phi) is 8.79. The number of fused-ring (bicyclic) bond motifs is 4. The number of benzene rings is 2. The zero-order valence-electron chi connectivity index (χ0n) is 24.9. The van der Waals surface area contributed by atoms with Gasteiger partial charge in [0.05, 0.1) is 35.8 Å². The first-order valence-corrected chi connectivity index (χ1v) is 17.1. The van der Waals surface area contributed by atoms with Crippen molar-refractivity contribution in [1.29, 1.82) is 0 Å². The third-order valence-corrected chi connectivity index (χ3v) is 11.5. The molecule has 43 heavy (non-hydrogen) atoms. The number of allylic oxidation sites excluding steroid dienone is 1. The summed E-state index contributed by atoms with van der Waals surface area (Å²) in [6.45, 7) is 2.07. The van der Waals surface area contributed by atoms with Crippen LogP contribution in [0.3, 0.4) is 0 Å². The molecule has 6 rings (SSSR count). The van der Waals surface area contributed by atoms with Crippen molar-refractivity contribution >= 4 is 33.2 Å². The molecule has 1 saturated carbocycles. The highest BCUT2D eigenvalue weighted by atomic mass is 35.5. The van der Waals surface area contributed by atoms with Gasteiger partial charge >= 0.3 is 0 Å². The number of nitrogens with one attached hydrogen (secondary N) is 1. The summed E-state index contributed by atoms with van der Waals surface area (Å²) in [5.74, 6) is 0.208. The van der Waals surface area contributed by atoms with E-state index >= 15 is 0 Å². The predicted molar refractivity (Wildman–Crippen MR) is 166 cm³/mol. The molecule has 2 aliphatic carbocycles. The molecule has 10 heteroatoms. The van der Waals surface area contributed by atoms with Crippen molar-refractivity contribution in [3.05, 3.63) is 64.7 Å². The summed E-state index contributed by atoms with van der Waals surface area (Å²) in [7, 11) is -0.849. The minimum Gasteiger partial charge on any atom is -0.490 e. The van der Waals surface area contributed by atoms with Crippen LogP contribution >= 0.6 is 11.6 Å². The standard InChI is InChI=1S/C33H41ClN2O6S/c1-40-19-24-6-3-4-8-30(41-2)27-12-9-23(27)18-36-20-33(15-5-7-22-16-25(34)10-13-28(22)33)21-42-31-14-11-26(17-29(31)36)43(38,39)35-32(24)37/h4,8,10-11,13-14,16-17,23-24,27,30H,3,5-7,9,12,15,18-21H2,1-2H3,(H,35,37)/b8-4-/t23-,24-,27+,30+,33-/m0/s1. The van der Waals surface area contributed by atoms with E-state index in [4.69, 9.17) is 25.8 Å². The number of ether oxygens (including phenoxy) is 3. The third-order valence-electron chi connectivity index (χ3n) is 9.93. The van der Waals surface area contributed by atoms with Crippen LogP contribution in [0.4, 0.5) is 5.69 Å². The van der Waals surface area contributed by atoms with Crippen LogP contribution in [0.5, 0.6) is 5.75 Å². The minimum atomic E-state index is -4.12. The topological polar surface area (TPSA) is 94.2 Å². The predicted octanol–water partition coefficient (Wildman–Crippen LogP) is 5.27. The van der Waals surface area contributed by atoms with Crippen molar-refractivity contribution in [3.63, 3.8) is 0 Å². The normalized spacial score (nSPS) is 31.0. The van der Waals surface area contributed by atoms with Gasteiger partial charge in [-0.25, -0.2) is 13.1 Å². The van der Waals surface area contributed by atoms with E-state index in [9.17, 15) is 13.2 Å². The van der Waals surface area contributed by atoms with Crippen molar-refractivity contribution in [2.75, 3.05) is 45.4 Å². The van der Waals surface area contributed by atoms with Gasteiger partial charge in [0.2, 0.25) is 5.91 Å². The van der Waals surface area contributed by atoms with Crippen molar-refractivity contribution in [1.82, 2.24) is 4.72 Å². The van der Waals surface area contributed by atoms with Crippen molar-refractivity contribution in [3.8, 4) is 5.75 Å². The largest absolute Gasteiger partial charge is 0.490 e. The second kappa shape index (κ2) is 12.4. The summed E-state index contributed by atoms with van der Waals surface area (Å²) in [5, 5.41) is 0.735. The van der Waals surface area contributed by atoms with Gasteiger partial charge in [0.25, 0.3) is 10.0 Å². The van der Waals surface area contributed by atoms with E-state index in [1.54, 1.807) is 19.2 Å². The van der Waals surface area contributed by atoms with Gasteiger partial charge in [-0.15, -0.1) is 0 Å². The molecule has 0 unspecified atom stereocenters. The fourth-order valence-electron chi connectivity index (χ4n) is 7.49. The van der Waals surface area contributed by atoms with Crippen LogP contribution in [0, 0.1) is 17.8 Å². The second-order valence-electron chi connectivity index (χ2n) is 12.6. The molecule has 1 spiro atoms. The molecule has 1 N–H and O–H groups in total. The lowest BCUT2D eigenvalue weighted by Crippen LogP contribution is -2.49. The number of carbonyl (C=O) groups is 1. The van der Waals surface area contributed by atoms with Crippen LogP contribution in [0.25, 0.3) is 0 Å². The molecular weight excluding hydrogens is 588 g/mol. The lowest BCUT2D eigenvalue weighted by atomic mass is 9.68. The van der Waals surface area contributed by atoms with E-state index < -0.39 is 21.8 Å². The van der Waals surface area contributed by atoms with Gasteiger partial charge in [-0.3, -0.25) is 4.79 Å². The average molecular weight is 629 g/mol. The molecule has 4 aliphatic rings. The molecule has 2 heterocycles. The molecule has 2 aliphatic heterocycles. The lowest BCUT2D eigenvalue weighted by Gasteiger charge is -2.46. The van der Waals surface area contributed by atoms with Crippen LogP contribution in [0.1, 0.15) is 49.7 Å². The fraction of sp³-hybridized carbons (Fsp3) is 0.545. The van der Waals surface area contributed by atoms with E-state index in [1.807, 2.05) is 6.07 Å². The summed E-state index contributed by atoms with van der Waals surface area (Å²) >= 11 is 6.40. The quantitative estimate of drug-likeness (QED) is 0.463. The maximum atomic E-state index is 13.6. The molecule has 232 valence electrons. The average Bonchev–Trinajstić information content (AvgIpc) is 3.12. The van der Waals surface area contributed by atoms with Gasteiger partial charge in [-0.05, 0) is 98.2 Å². The van der Waals surface area contributed by atoms with E-state index in [2.05, 4.69) is 33.9 Å². The Morgan fingerprint density at radius 1 is 1.14 bits per heavy atom. The van der Waals surface area contributed by atoms with Gasteiger partial charge in [-0.1, -0.05) is 29.8 Å². The lowest BCUT2D eigenvalue weighted by molar-refractivity contribution is -0.125. The molecule has 1 amide bonds. The first kappa shape index (κ1) is 30.4. The molecule has 5 atom stereocenters. The summed E-state index contributed by atoms with van der Waals surface area (Å²) < 4.78 is 47.2. The molecular formula is C33H41ClN2O6S. The molecule has 1 fully saturated rings. The number of amides is 1. The highest BCUT2D eigenvalue weighted by Gasteiger charge is 2.44. The fourth-order valence-corrected chi connectivity index (χ4v) is 8.75. The SMILES string of the molecule is COC[C@@H]1CC/C=C\[C@@H](OC)[C@@H]2CC[C@H]2CN2C[C@@]3(CCCc4cc(Cl)ccc43)COc3ccc(cc32)S(=O)(=O)NC1=O.